The maximum atomic E-state index is 12.8. The van der Waals surface area contributed by atoms with E-state index in [4.69, 9.17) is 0 Å². The van der Waals surface area contributed by atoms with Crippen molar-refractivity contribution in [2.45, 2.75) is 80.4 Å². The van der Waals surface area contributed by atoms with Crippen LogP contribution in [0.15, 0.2) is 35.2 Å². The third-order valence-corrected chi connectivity index (χ3v) is 10.5. The molecule has 0 atom stereocenters. The summed E-state index contributed by atoms with van der Waals surface area (Å²) in [4.78, 5) is 0.416. The molecule has 2 saturated carbocycles. The summed E-state index contributed by atoms with van der Waals surface area (Å²) in [5, 5.41) is 0. The molecule has 2 aliphatic rings. The summed E-state index contributed by atoms with van der Waals surface area (Å²) >= 11 is 0. The first-order chi connectivity index (χ1) is 11.2. The zero-order valence-corrected chi connectivity index (χ0v) is 15.5. The summed E-state index contributed by atoms with van der Waals surface area (Å²) in [7, 11) is -4.03. The van der Waals surface area contributed by atoms with E-state index in [0.29, 0.717) is 16.2 Å². The topological polar surface area (TPSA) is 46.2 Å². The quantitative estimate of drug-likeness (QED) is 0.755. The van der Waals surface area contributed by atoms with Crippen molar-refractivity contribution in [3.8, 4) is 0 Å². The Bertz CT molecular complexity index is 560. The summed E-state index contributed by atoms with van der Waals surface area (Å²) in [6.07, 6.45) is 12.5. The molecule has 0 heterocycles. The fourth-order valence-electron chi connectivity index (χ4n) is 3.96. The number of hydrogen-bond acceptors (Lipinski definition) is 2. The second-order valence-corrected chi connectivity index (χ2v) is 11.4. The Balaban J connectivity index is 1.79. The second kappa shape index (κ2) is 8.09. The van der Waals surface area contributed by atoms with Gasteiger partial charge in [-0.25, -0.2) is 8.42 Å². The lowest BCUT2D eigenvalue weighted by Crippen LogP contribution is -2.31. The van der Waals surface area contributed by atoms with Crippen LogP contribution in [0.2, 0.25) is 0 Å². The highest BCUT2D eigenvalue weighted by Crippen LogP contribution is 2.53. The normalized spacial score (nSPS) is 21.6. The van der Waals surface area contributed by atoms with Crippen LogP contribution in [0.4, 0.5) is 0 Å². The summed E-state index contributed by atoms with van der Waals surface area (Å²) in [6, 6.07) is 8.88. The van der Waals surface area contributed by atoms with Gasteiger partial charge in [0.25, 0.3) is 0 Å². The molecule has 0 bridgehead atoms. The first-order valence-corrected chi connectivity index (χ1v) is 12.0. The van der Waals surface area contributed by atoms with Crippen LogP contribution in [0.3, 0.4) is 0 Å². The second-order valence-electron chi connectivity index (χ2n) is 6.90. The molecule has 0 aliphatic heterocycles. The highest BCUT2D eigenvalue weighted by molar-refractivity contribution is 7.95. The summed E-state index contributed by atoms with van der Waals surface area (Å²) < 4.78 is 28.9. The van der Waals surface area contributed by atoms with Gasteiger partial charge >= 0.3 is 0 Å². The van der Waals surface area contributed by atoms with Crippen LogP contribution in [0.5, 0.6) is 0 Å². The monoisotopic (exact) mass is 353 g/mol. The van der Waals surface area contributed by atoms with Gasteiger partial charge < -0.3 is 0 Å². The van der Waals surface area contributed by atoms with Gasteiger partial charge in [0.15, 0.2) is 0 Å². The van der Waals surface area contributed by atoms with Gasteiger partial charge in [0.05, 0.1) is 4.90 Å². The largest absolute Gasteiger partial charge is 0.243 e. The van der Waals surface area contributed by atoms with Crippen molar-refractivity contribution >= 4 is 18.1 Å². The molecule has 0 saturated heterocycles. The van der Waals surface area contributed by atoms with E-state index in [0.717, 1.165) is 0 Å². The molecular weight excluding hydrogens is 325 g/mol. The Morgan fingerprint density at radius 3 is 1.74 bits per heavy atom. The van der Waals surface area contributed by atoms with Crippen LogP contribution in [-0.4, -0.2) is 19.7 Å². The van der Waals surface area contributed by atoms with E-state index in [1.54, 1.807) is 24.3 Å². The number of rotatable bonds is 5. The molecule has 1 aromatic carbocycles. The van der Waals surface area contributed by atoms with Crippen molar-refractivity contribution in [1.82, 2.24) is 4.49 Å². The van der Waals surface area contributed by atoms with Crippen molar-refractivity contribution < 1.29 is 8.42 Å². The van der Waals surface area contributed by atoms with Gasteiger partial charge in [0.2, 0.25) is 10.0 Å². The lowest BCUT2D eigenvalue weighted by Gasteiger charge is -2.38. The fraction of sp³-hybridized carbons (Fsp3) is 0.667. The molecule has 5 heteroatoms. The van der Waals surface area contributed by atoms with Gasteiger partial charge in [0, 0.05) is 0 Å². The standard InChI is InChI=1S/C18H28NO2PS/c20-23(21,18-14-8-3-9-15-18)19-22(16-10-4-1-5-11-16)17-12-6-2-7-13-17/h3,8-9,14-17,19H,1-2,4-7,10-13H2. The minimum atomic E-state index is -3.38. The first-order valence-electron chi connectivity index (χ1n) is 9.03. The maximum Gasteiger partial charge on any atom is 0.243 e. The van der Waals surface area contributed by atoms with Crippen molar-refractivity contribution in [2.75, 3.05) is 0 Å². The summed E-state index contributed by atoms with van der Waals surface area (Å²) in [5.41, 5.74) is 1.17. The van der Waals surface area contributed by atoms with E-state index >= 15 is 0 Å². The summed E-state index contributed by atoms with van der Waals surface area (Å²) in [5.74, 6) is 0. The highest BCUT2D eigenvalue weighted by atomic mass is 32.2. The number of nitrogens with one attached hydrogen (secondary N) is 1. The number of sulfonamides is 1. The van der Waals surface area contributed by atoms with Crippen molar-refractivity contribution in [1.29, 1.82) is 0 Å². The van der Waals surface area contributed by atoms with Gasteiger partial charge in [0.1, 0.15) is 0 Å². The lowest BCUT2D eigenvalue weighted by atomic mass is 10.00. The Morgan fingerprint density at radius 2 is 1.26 bits per heavy atom. The predicted octanol–water partition coefficient (Wildman–Crippen LogP) is 5.03. The van der Waals surface area contributed by atoms with Crippen LogP contribution in [0.25, 0.3) is 0 Å². The minimum Gasteiger partial charge on any atom is -0.207 e. The third kappa shape index (κ3) is 4.55. The number of hydrogen-bond donors (Lipinski definition) is 1. The average Bonchev–Trinajstić information content (AvgIpc) is 2.62. The van der Waals surface area contributed by atoms with Gasteiger partial charge in [-0.15, -0.1) is 0 Å². The molecule has 2 fully saturated rings. The molecule has 2 aliphatic carbocycles. The molecule has 0 unspecified atom stereocenters. The van der Waals surface area contributed by atoms with Crippen molar-refractivity contribution in [3.63, 3.8) is 0 Å². The van der Waals surface area contributed by atoms with E-state index in [9.17, 15) is 8.42 Å². The Hall–Kier alpha value is -0.440. The molecular formula is C18H28NO2PS. The molecule has 1 N–H and O–H groups in total. The molecule has 0 aromatic heterocycles. The van der Waals surface area contributed by atoms with Crippen LogP contribution in [0, 0.1) is 0 Å². The molecule has 0 amide bonds. The van der Waals surface area contributed by atoms with E-state index in [1.165, 1.54) is 64.2 Å². The van der Waals surface area contributed by atoms with Gasteiger partial charge in [-0.3, -0.25) is 0 Å². The van der Waals surface area contributed by atoms with Gasteiger partial charge in [-0.2, -0.15) is 4.49 Å². The number of benzene rings is 1. The smallest absolute Gasteiger partial charge is 0.207 e. The van der Waals surface area contributed by atoms with Crippen LogP contribution in [0.1, 0.15) is 64.2 Å². The third-order valence-electron chi connectivity index (χ3n) is 5.22. The molecule has 3 rings (SSSR count). The zero-order chi connectivity index (χ0) is 16.1. The maximum absolute atomic E-state index is 12.8. The van der Waals surface area contributed by atoms with E-state index in [-0.39, 0.29) is 0 Å². The van der Waals surface area contributed by atoms with Gasteiger partial charge in [-0.05, 0) is 57.2 Å². The van der Waals surface area contributed by atoms with Gasteiger partial charge in [-0.1, -0.05) is 56.7 Å². The van der Waals surface area contributed by atoms with E-state index < -0.39 is 18.1 Å². The van der Waals surface area contributed by atoms with Crippen LogP contribution >= 0.6 is 8.07 Å². The summed E-state index contributed by atoms with van der Waals surface area (Å²) in [6.45, 7) is 0. The lowest BCUT2D eigenvalue weighted by molar-refractivity contribution is 0.482. The SMILES string of the molecule is O=S(=O)(NP(C1CCCCC1)C1CCCCC1)c1ccccc1. The van der Waals surface area contributed by atoms with Crippen LogP contribution in [-0.2, 0) is 10.0 Å². The predicted molar refractivity (Wildman–Crippen MR) is 97.4 cm³/mol. The van der Waals surface area contributed by atoms with E-state index in [2.05, 4.69) is 4.49 Å². The highest BCUT2D eigenvalue weighted by Gasteiger charge is 2.34. The average molecular weight is 353 g/mol. The van der Waals surface area contributed by atoms with Crippen molar-refractivity contribution in [2.24, 2.45) is 0 Å². The molecule has 1 aromatic rings. The Labute approximate surface area is 142 Å². The Kier molecular flexibility index (Phi) is 6.12. The molecule has 128 valence electrons. The Morgan fingerprint density at radius 1 is 0.783 bits per heavy atom. The minimum absolute atomic E-state index is 0.416. The molecule has 0 radical (unpaired) electrons. The molecule has 0 spiro atoms. The molecule has 3 nitrogen and oxygen atoms in total. The van der Waals surface area contributed by atoms with E-state index in [1.807, 2.05) is 6.07 Å². The zero-order valence-electron chi connectivity index (χ0n) is 13.8. The van der Waals surface area contributed by atoms with Crippen molar-refractivity contribution in [3.05, 3.63) is 30.3 Å². The van der Waals surface area contributed by atoms with Crippen LogP contribution < -0.4 is 4.49 Å². The molecule has 23 heavy (non-hydrogen) atoms. The fourth-order valence-corrected chi connectivity index (χ4v) is 9.64. The first kappa shape index (κ1) is 17.4.